The molecule has 0 bridgehead atoms. The van der Waals surface area contributed by atoms with Crippen molar-refractivity contribution in [3.63, 3.8) is 0 Å². The van der Waals surface area contributed by atoms with Crippen LogP contribution >= 0.6 is 0 Å². The van der Waals surface area contributed by atoms with Crippen LogP contribution in [0.15, 0.2) is 24.3 Å². The second-order valence-electron chi connectivity index (χ2n) is 4.30. The van der Waals surface area contributed by atoms with Crippen molar-refractivity contribution in [1.82, 2.24) is 0 Å². The highest BCUT2D eigenvalue weighted by molar-refractivity contribution is 7.92. The molecule has 0 aromatic heterocycles. The molecule has 0 saturated carbocycles. The number of ketones is 1. The molecule has 1 N–H and O–H groups in total. The van der Waals surface area contributed by atoms with Gasteiger partial charge in [-0.3, -0.25) is 14.3 Å². The Labute approximate surface area is 118 Å². The van der Waals surface area contributed by atoms with Gasteiger partial charge in [0.15, 0.2) is 6.10 Å². The van der Waals surface area contributed by atoms with Crippen molar-refractivity contribution in [3.05, 3.63) is 29.8 Å². The lowest BCUT2D eigenvalue weighted by Crippen LogP contribution is -2.24. The molecule has 0 saturated heterocycles. The van der Waals surface area contributed by atoms with Gasteiger partial charge in [-0.05, 0) is 31.2 Å². The van der Waals surface area contributed by atoms with Crippen molar-refractivity contribution in [1.29, 1.82) is 0 Å². The fraction of sp³-hybridized carbons (Fsp3) is 0.385. The maximum Gasteiger partial charge on any atom is 0.306 e. The van der Waals surface area contributed by atoms with E-state index in [1.54, 1.807) is 6.92 Å². The molecule has 20 heavy (non-hydrogen) atoms. The van der Waals surface area contributed by atoms with E-state index >= 15 is 0 Å². The van der Waals surface area contributed by atoms with Crippen molar-refractivity contribution in [2.75, 3.05) is 11.0 Å². The number of carbonyl (C=O) groups excluding carboxylic acids is 2. The molecule has 1 atom stereocenters. The van der Waals surface area contributed by atoms with Crippen molar-refractivity contribution in [2.24, 2.45) is 0 Å². The molecule has 6 nitrogen and oxygen atoms in total. The highest BCUT2D eigenvalue weighted by Crippen LogP contribution is 2.13. The van der Waals surface area contributed by atoms with Crippen LogP contribution in [0, 0.1) is 0 Å². The third kappa shape index (κ3) is 5.00. The zero-order chi connectivity index (χ0) is 15.3. The van der Waals surface area contributed by atoms with E-state index in [4.69, 9.17) is 4.74 Å². The molecule has 0 aliphatic heterocycles. The average molecular weight is 299 g/mol. The van der Waals surface area contributed by atoms with Gasteiger partial charge in [0, 0.05) is 17.7 Å². The van der Waals surface area contributed by atoms with Crippen LogP contribution in [-0.2, 0) is 19.6 Å². The summed E-state index contributed by atoms with van der Waals surface area (Å²) in [6, 6.07) is 5.91. The number of ether oxygens (including phenoxy) is 1. The van der Waals surface area contributed by atoms with Gasteiger partial charge >= 0.3 is 5.97 Å². The normalized spacial score (nSPS) is 12.6. The molecule has 0 amide bonds. The van der Waals surface area contributed by atoms with Gasteiger partial charge in [-0.2, -0.15) is 0 Å². The van der Waals surface area contributed by atoms with Crippen molar-refractivity contribution in [2.45, 2.75) is 26.4 Å². The standard InChI is InChI=1S/C13H17NO5S/c1-4-12(15)19-9(2)13(16)10-5-7-11(8-6-10)14-20(3,17)18/h5-9,14H,4H2,1-3H3/t9-/m0/s1. The van der Waals surface area contributed by atoms with E-state index in [0.717, 1.165) is 6.26 Å². The number of hydrogen-bond donors (Lipinski definition) is 1. The second-order valence-corrected chi connectivity index (χ2v) is 6.05. The maximum absolute atomic E-state index is 12.0. The molecule has 110 valence electrons. The molecule has 0 fully saturated rings. The van der Waals surface area contributed by atoms with Crippen LogP contribution in [0.3, 0.4) is 0 Å². The number of anilines is 1. The Bertz CT molecular complexity index is 592. The van der Waals surface area contributed by atoms with Crippen LogP contribution in [0.1, 0.15) is 30.6 Å². The summed E-state index contributed by atoms with van der Waals surface area (Å²) >= 11 is 0. The van der Waals surface area contributed by atoms with Gasteiger partial charge in [-0.15, -0.1) is 0 Å². The van der Waals surface area contributed by atoms with E-state index in [1.165, 1.54) is 31.2 Å². The number of benzene rings is 1. The quantitative estimate of drug-likeness (QED) is 0.636. The summed E-state index contributed by atoms with van der Waals surface area (Å²) in [5, 5.41) is 0. The molecule has 1 aromatic carbocycles. The summed E-state index contributed by atoms with van der Waals surface area (Å²) in [5.41, 5.74) is 0.711. The van der Waals surface area contributed by atoms with E-state index < -0.39 is 22.1 Å². The Hall–Kier alpha value is -1.89. The first-order chi connectivity index (χ1) is 9.23. The molecular weight excluding hydrogens is 282 g/mol. The summed E-state index contributed by atoms with van der Waals surface area (Å²) in [7, 11) is -3.35. The predicted octanol–water partition coefficient (Wildman–Crippen LogP) is 1.58. The minimum Gasteiger partial charge on any atom is -0.454 e. The van der Waals surface area contributed by atoms with Gasteiger partial charge in [0.2, 0.25) is 15.8 Å². The van der Waals surface area contributed by atoms with Crippen LogP contribution in [0.25, 0.3) is 0 Å². The lowest BCUT2D eigenvalue weighted by Gasteiger charge is -2.12. The topological polar surface area (TPSA) is 89.5 Å². The Balaban J connectivity index is 2.78. The molecule has 0 aliphatic rings. The Morgan fingerprint density at radius 2 is 1.80 bits per heavy atom. The smallest absolute Gasteiger partial charge is 0.306 e. The zero-order valence-corrected chi connectivity index (χ0v) is 12.4. The first-order valence-corrected chi connectivity index (χ1v) is 7.93. The molecule has 7 heteroatoms. The molecule has 0 radical (unpaired) electrons. The first kappa shape index (κ1) is 16.2. The lowest BCUT2D eigenvalue weighted by molar-refractivity contribution is -0.145. The van der Waals surface area contributed by atoms with Gasteiger partial charge in [-0.25, -0.2) is 8.42 Å². The maximum atomic E-state index is 12.0. The first-order valence-electron chi connectivity index (χ1n) is 6.04. The highest BCUT2D eigenvalue weighted by Gasteiger charge is 2.18. The molecule has 1 rings (SSSR count). The van der Waals surface area contributed by atoms with Gasteiger partial charge in [0.1, 0.15) is 0 Å². The molecular formula is C13H17NO5S. The molecule has 1 aromatic rings. The van der Waals surface area contributed by atoms with Crippen molar-refractivity contribution in [3.8, 4) is 0 Å². The van der Waals surface area contributed by atoms with Crippen LogP contribution in [0.4, 0.5) is 5.69 Å². The lowest BCUT2D eigenvalue weighted by atomic mass is 10.1. The Morgan fingerprint density at radius 1 is 1.25 bits per heavy atom. The highest BCUT2D eigenvalue weighted by atomic mass is 32.2. The van der Waals surface area contributed by atoms with E-state index in [1.807, 2.05) is 0 Å². The van der Waals surface area contributed by atoms with Crippen LogP contribution in [0.2, 0.25) is 0 Å². The SMILES string of the molecule is CCC(=O)O[C@@H](C)C(=O)c1ccc(NS(C)(=O)=O)cc1. The average Bonchev–Trinajstić information content (AvgIpc) is 2.36. The van der Waals surface area contributed by atoms with Gasteiger partial charge in [0.25, 0.3) is 0 Å². The Morgan fingerprint density at radius 3 is 2.25 bits per heavy atom. The van der Waals surface area contributed by atoms with Gasteiger partial charge < -0.3 is 4.74 Å². The monoisotopic (exact) mass is 299 g/mol. The summed E-state index contributed by atoms with van der Waals surface area (Å²) < 4.78 is 29.3. The number of Topliss-reactive ketones (excluding diaryl/α,β-unsaturated/α-hetero) is 1. The third-order valence-corrected chi connectivity index (χ3v) is 3.05. The van der Waals surface area contributed by atoms with Gasteiger partial charge in [0.05, 0.1) is 6.26 Å². The fourth-order valence-corrected chi connectivity index (χ4v) is 2.05. The molecule has 0 spiro atoms. The molecule has 0 heterocycles. The minimum absolute atomic E-state index is 0.203. The number of esters is 1. The van der Waals surface area contributed by atoms with Crippen LogP contribution < -0.4 is 4.72 Å². The van der Waals surface area contributed by atoms with Crippen LogP contribution in [0.5, 0.6) is 0 Å². The fourth-order valence-electron chi connectivity index (χ4n) is 1.49. The van der Waals surface area contributed by atoms with Crippen molar-refractivity contribution < 1.29 is 22.7 Å². The van der Waals surface area contributed by atoms with E-state index in [0.29, 0.717) is 11.3 Å². The number of sulfonamides is 1. The molecule has 0 unspecified atom stereocenters. The Kier molecular flexibility index (Phi) is 5.26. The largest absolute Gasteiger partial charge is 0.454 e. The second kappa shape index (κ2) is 6.51. The minimum atomic E-state index is -3.35. The predicted molar refractivity (Wildman–Crippen MR) is 75.1 cm³/mol. The van der Waals surface area contributed by atoms with E-state index in [9.17, 15) is 18.0 Å². The van der Waals surface area contributed by atoms with E-state index in [2.05, 4.69) is 4.72 Å². The summed E-state index contributed by atoms with van der Waals surface area (Å²) in [4.78, 5) is 23.1. The van der Waals surface area contributed by atoms with E-state index in [-0.39, 0.29) is 12.2 Å². The summed E-state index contributed by atoms with van der Waals surface area (Å²) in [6.45, 7) is 3.14. The zero-order valence-electron chi connectivity index (χ0n) is 11.5. The summed E-state index contributed by atoms with van der Waals surface area (Å²) in [6.07, 6.45) is 0.379. The number of carbonyl (C=O) groups is 2. The molecule has 0 aliphatic carbocycles. The number of nitrogens with one attached hydrogen (secondary N) is 1. The summed E-state index contributed by atoms with van der Waals surface area (Å²) in [5.74, 6) is -0.779. The number of rotatable bonds is 6. The third-order valence-electron chi connectivity index (χ3n) is 2.44. The van der Waals surface area contributed by atoms with Crippen molar-refractivity contribution >= 4 is 27.5 Å². The van der Waals surface area contributed by atoms with Crippen LogP contribution in [-0.4, -0.2) is 32.5 Å². The van der Waals surface area contributed by atoms with Gasteiger partial charge in [-0.1, -0.05) is 6.92 Å². The number of hydrogen-bond acceptors (Lipinski definition) is 5.